The van der Waals surface area contributed by atoms with Gasteiger partial charge in [-0.15, -0.1) is 0 Å². The number of sulfonamides is 1. The van der Waals surface area contributed by atoms with Crippen LogP contribution in [-0.4, -0.2) is 42.0 Å². The zero-order valence-corrected chi connectivity index (χ0v) is 18.7. The van der Waals surface area contributed by atoms with Gasteiger partial charge in [0, 0.05) is 48.4 Å². The lowest BCUT2D eigenvalue weighted by molar-refractivity contribution is 0.193. The van der Waals surface area contributed by atoms with E-state index in [2.05, 4.69) is 44.4 Å². The molecule has 0 unspecified atom stereocenters. The number of aryl methyl sites for hydroxylation is 1. The summed E-state index contributed by atoms with van der Waals surface area (Å²) in [6.07, 6.45) is 6.25. The molecule has 0 bridgehead atoms. The lowest BCUT2D eigenvalue weighted by Gasteiger charge is -2.31. The number of hydrogen-bond donors (Lipinski definition) is 2. The van der Waals surface area contributed by atoms with Crippen molar-refractivity contribution in [3.63, 3.8) is 0 Å². The van der Waals surface area contributed by atoms with Crippen molar-refractivity contribution in [1.82, 2.24) is 19.2 Å². The Labute approximate surface area is 182 Å². The number of hydrogen-bond acceptors (Lipinski definition) is 3. The van der Waals surface area contributed by atoms with E-state index in [1.54, 1.807) is 12.1 Å². The largest absolute Gasteiger partial charge is 0.361 e. The molecule has 0 aliphatic carbocycles. The lowest BCUT2D eigenvalue weighted by Crippen LogP contribution is -2.39. The van der Waals surface area contributed by atoms with E-state index in [9.17, 15) is 8.42 Å². The van der Waals surface area contributed by atoms with E-state index in [0.29, 0.717) is 12.6 Å². The monoisotopic (exact) mass is 436 g/mol. The molecule has 0 spiro atoms. The summed E-state index contributed by atoms with van der Waals surface area (Å²) in [6.45, 7) is 3.55. The van der Waals surface area contributed by atoms with Gasteiger partial charge >= 0.3 is 0 Å². The van der Waals surface area contributed by atoms with Gasteiger partial charge in [-0.3, -0.25) is 4.90 Å². The molecule has 1 aliphatic rings. The highest BCUT2D eigenvalue weighted by atomic mass is 32.2. The quantitative estimate of drug-likeness (QED) is 0.477. The SMILES string of the molecule is C[C@@H]1CCCN1[C@@H](CNS(=O)(=O)c1ccc2cc[nH]c2c1)c1cn(C)c2ccccc12. The van der Waals surface area contributed by atoms with Crippen LogP contribution in [0.15, 0.2) is 65.8 Å². The zero-order chi connectivity index (χ0) is 21.6. The number of nitrogens with zero attached hydrogens (tertiary/aromatic N) is 2. The number of para-hydroxylation sites is 1. The predicted octanol–water partition coefficient (Wildman–Crippen LogP) is 4.16. The Morgan fingerprint density at radius 1 is 1.19 bits per heavy atom. The van der Waals surface area contributed by atoms with Gasteiger partial charge in [0.15, 0.2) is 0 Å². The van der Waals surface area contributed by atoms with Crippen LogP contribution in [0.25, 0.3) is 21.8 Å². The zero-order valence-electron chi connectivity index (χ0n) is 17.9. The van der Waals surface area contributed by atoms with Gasteiger partial charge in [-0.05, 0) is 61.5 Å². The summed E-state index contributed by atoms with van der Waals surface area (Å²) in [5, 5.41) is 2.18. The fourth-order valence-electron chi connectivity index (χ4n) is 4.93. The van der Waals surface area contributed by atoms with Crippen molar-refractivity contribution >= 4 is 31.8 Å². The molecule has 7 heteroatoms. The van der Waals surface area contributed by atoms with Crippen molar-refractivity contribution in [3.05, 3.63) is 66.5 Å². The summed E-state index contributed by atoms with van der Waals surface area (Å²) in [5.74, 6) is 0. The Morgan fingerprint density at radius 2 is 2.03 bits per heavy atom. The fourth-order valence-corrected chi connectivity index (χ4v) is 5.99. The van der Waals surface area contributed by atoms with Gasteiger partial charge in [-0.2, -0.15) is 0 Å². The maximum atomic E-state index is 13.1. The first-order chi connectivity index (χ1) is 14.9. The van der Waals surface area contributed by atoms with Crippen LogP contribution in [0.3, 0.4) is 0 Å². The number of aromatic nitrogens is 2. The van der Waals surface area contributed by atoms with E-state index in [1.165, 1.54) is 10.9 Å². The molecule has 2 N–H and O–H groups in total. The number of likely N-dealkylation sites (tertiary alicyclic amines) is 1. The van der Waals surface area contributed by atoms with E-state index in [1.807, 2.05) is 37.5 Å². The minimum Gasteiger partial charge on any atom is -0.361 e. The summed E-state index contributed by atoms with van der Waals surface area (Å²) in [6, 6.07) is 15.9. The molecular weight excluding hydrogens is 408 g/mol. The van der Waals surface area contributed by atoms with Crippen molar-refractivity contribution in [2.45, 2.75) is 36.7 Å². The summed E-state index contributed by atoms with van der Waals surface area (Å²) < 4.78 is 31.3. The summed E-state index contributed by atoms with van der Waals surface area (Å²) in [7, 11) is -1.58. The average molecular weight is 437 g/mol. The van der Waals surface area contributed by atoms with Crippen LogP contribution in [-0.2, 0) is 17.1 Å². The maximum absolute atomic E-state index is 13.1. The molecule has 4 aromatic rings. The highest BCUT2D eigenvalue weighted by Gasteiger charge is 2.32. The first-order valence-electron chi connectivity index (χ1n) is 10.8. The molecule has 31 heavy (non-hydrogen) atoms. The molecule has 0 radical (unpaired) electrons. The van der Waals surface area contributed by atoms with E-state index >= 15 is 0 Å². The molecule has 1 saturated heterocycles. The third-order valence-corrected chi connectivity index (χ3v) is 8.02. The molecule has 2 atom stereocenters. The average Bonchev–Trinajstić information content (AvgIpc) is 3.48. The number of rotatable bonds is 6. The second-order valence-corrected chi connectivity index (χ2v) is 10.3. The number of H-pyrrole nitrogens is 1. The van der Waals surface area contributed by atoms with Crippen molar-refractivity contribution < 1.29 is 8.42 Å². The minimum atomic E-state index is -3.63. The van der Waals surface area contributed by atoms with Crippen LogP contribution < -0.4 is 4.72 Å². The molecule has 3 heterocycles. The molecule has 5 rings (SSSR count). The van der Waals surface area contributed by atoms with E-state index in [4.69, 9.17) is 0 Å². The second-order valence-electron chi connectivity index (χ2n) is 8.54. The van der Waals surface area contributed by atoms with Crippen LogP contribution in [0.5, 0.6) is 0 Å². The molecule has 6 nitrogen and oxygen atoms in total. The Hall–Kier alpha value is -2.61. The predicted molar refractivity (Wildman–Crippen MR) is 125 cm³/mol. The fraction of sp³-hybridized carbons (Fsp3) is 0.333. The second kappa shape index (κ2) is 7.82. The van der Waals surface area contributed by atoms with Gasteiger partial charge in [0.1, 0.15) is 0 Å². The maximum Gasteiger partial charge on any atom is 0.240 e. The van der Waals surface area contributed by atoms with E-state index in [-0.39, 0.29) is 10.9 Å². The van der Waals surface area contributed by atoms with Crippen molar-refractivity contribution in [2.75, 3.05) is 13.1 Å². The molecule has 0 saturated carbocycles. The van der Waals surface area contributed by atoms with Gasteiger partial charge in [-0.25, -0.2) is 13.1 Å². The van der Waals surface area contributed by atoms with Crippen molar-refractivity contribution in [2.24, 2.45) is 7.05 Å². The number of fused-ring (bicyclic) bond motifs is 2. The number of aromatic amines is 1. The standard InChI is InChI=1S/C24H28N4O2S/c1-17-6-5-13-28(17)24(21-16-27(2)23-8-4-3-7-20(21)23)15-26-31(29,30)19-10-9-18-11-12-25-22(18)14-19/h3-4,7-12,14,16-17,24-26H,5-6,13,15H2,1-2H3/t17-,24+/m1/s1. The Morgan fingerprint density at radius 3 is 2.84 bits per heavy atom. The first-order valence-corrected chi connectivity index (χ1v) is 12.3. The van der Waals surface area contributed by atoms with Crippen LogP contribution in [0.1, 0.15) is 31.4 Å². The van der Waals surface area contributed by atoms with Gasteiger partial charge in [0.2, 0.25) is 10.0 Å². The van der Waals surface area contributed by atoms with Crippen LogP contribution in [0.4, 0.5) is 0 Å². The normalized spacial score (nSPS) is 18.8. The molecule has 0 amide bonds. The Balaban J connectivity index is 1.48. The third-order valence-electron chi connectivity index (χ3n) is 6.59. The molecule has 2 aromatic carbocycles. The summed E-state index contributed by atoms with van der Waals surface area (Å²) in [4.78, 5) is 5.82. The van der Waals surface area contributed by atoms with Crippen LogP contribution >= 0.6 is 0 Å². The topological polar surface area (TPSA) is 70.1 Å². The molecule has 1 fully saturated rings. The van der Waals surface area contributed by atoms with Crippen LogP contribution in [0.2, 0.25) is 0 Å². The first kappa shape index (κ1) is 20.3. The van der Waals surface area contributed by atoms with Gasteiger partial charge in [0.25, 0.3) is 0 Å². The van der Waals surface area contributed by atoms with Crippen molar-refractivity contribution in [1.29, 1.82) is 0 Å². The van der Waals surface area contributed by atoms with Crippen LogP contribution in [0, 0.1) is 0 Å². The summed E-state index contributed by atoms with van der Waals surface area (Å²) in [5.41, 5.74) is 3.16. The highest BCUT2D eigenvalue weighted by Crippen LogP contribution is 2.34. The number of benzene rings is 2. The summed E-state index contributed by atoms with van der Waals surface area (Å²) >= 11 is 0. The Kier molecular flexibility index (Phi) is 5.12. The van der Waals surface area contributed by atoms with E-state index in [0.717, 1.165) is 35.8 Å². The molecule has 162 valence electrons. The van der Waals surface area contributed by atoms with E-state index < -0.39 is 10.0 Å². The minimum absolute atomic E-state index is 0.0207. The van der Waals surface area contributed by atoms with Crippen molar-refractivity contribution in [3.8, 4) is 0 Å². The Bertz CT molecular complexity index is 1340. The third kappa shape index (κ3) is 3.67. The van der Waals surface area contributed by atoms with Gasteiger partial charge in [-0.1, -0.05) is 24.3 Å². The molecular formula is C24H28N4O2S. The molecule has 1 aliphatic heterocycles. The number of nitrogens with one attached hydrogen (secondary N) is 2. The highest BCUT2D eigenvalue weighted by molar-refractivity contribution is 7.89. The molecule has 2 aromatic heterocycles. The van der Waals surface area contributed by atoms with Gasteiger partial charge < -0.3 is 9.55 Å². The smallest absolute Gasteiger partial charge is 0.240 e. The lowest BCUT2D eigenvalue weighted by atomic mass is 10.0. The van der Waals surface area contributed by atoms with Gasteiger partial charge in [0.05, 0.1) is 10.9 Å².